The van der Waals surface area contributed by atoms with Crippen molar-refractivity contribution in [2.45, 2.75) is 59.3 Å². The molecule has 1 aromatic carbocycles. The van der Waals surface area contributed by atoms with Crippen molar-refractivity contribution >= 4 is 25.0 Å². The normalized spacial score (nSPS) is 15.8. The van der Waals surface area contributed by atoms with E-state index in [1.807, 2.05) is 6.92 Å². The van der Waals surface area contributed by atoms with Crippen LogP contribution in [0.4, 0.5) is 0 Å². The molecule has 2 N–H and O–H groups in total. The van der Waals surface area contributed by atoms with E-state index in [0.29, 0.717) is 18.4 Å². The van der Waals surface area contributed by atoms with Crippen LogP contribution in [0.1, 0.15) is 62.9 Å². The molecule has 0 spiro atoms. The fraction of sp³-hybridized carbons (Fsp3) is 0.550. The lowest BCUT2D eigenvalue weighted by Crippen LogP contribution is -2.53. The molecule has 1 atom stereocenters. The zero-order valence-corrected chi connectivity index (χ0v) is 17.3. The number of benzene rings is 1. The maximum atomic E-state index is 12.4. The molecule has 0 unspecified atom stereocenters. The average Bonchev–Trinajstić information content (AvgIpc) is 2.65. The van der Waals surface area contributed by atoms with Crippen molar-refractivity contribution in [3.8, 4) is 5.75 Å². The minimum absolute atomic E-state index is 0.115. The van der Waals surface area contributed by atoms with E-state index in [1.165, 1.54) is 6.07 Å². The van der Waals surface area contributed by atoms with Crippen molar-refractivity contribution in [3.63, 3.8) is 0 Å². The first-order valence-corrected chi connectivity index (χ1v) is 9.73. The van der Waals surface area contributed by atoms with E-state index >= 15 is 0 Å². The van der Waals surface area contributed by atoms with Gasteiger partial charge in [-0.15, -0.1) is 0 Å². The van der Waals surface area contributed by atoms with Crippen molar-refractivity contribution in [2.75, 3.05) is 6.79 Å². The molecule has 158 valence electrons. The molecule has 1 heterocycles. The third-order valence-corrected chi connectivity index (χ3v) is 4.44. The van der Waals surface area contributed by atoms with Gasteiger partial charge in [-0.05, 0) is 45.2 Å². The van der Waals surface area contributed by atoms with Crippen LogP contribution in [0.2, 0.25) is 0 Å². The quantitative estimate of drug-likeness (QED) is 0.406. The molecule has 9 heteroatoms. The van der Waals surface area contributed by atoms with Gasteiger partial charge < -0.3 is 24.5 Å². The number of nitrogens with one attached hydrogen (secondary N) is 1. The van der Waals surface area contributed by atoms with Gasteiger partial charge in [0.05, 0.1) is 11.4 Å². The minimum atomic E-state index is -1.29. The first-order valence-electron chi connectivity index (χ1n) is 9.73. The number of amides is 1. The number of hydrogen-bond acceptors (Lipinski definition) is 7. The Morgan fingerprint density at radius 1 is 1.28 bits per heavy atom. The molecule has 29 heavy (non-hydrogen) atoms. The van der Waals surface area contributed by atoms with Crippen molar-refractivity contribution in [2.24, 2.45) is 5.41 Å². The summed E-state index contributed by atoms with van der Waals surface area (Å²) < 4.78 is 15.5. The van der Waals surface area contributed by atoms with Gasteiger partial charge in [0.2, 0.25) is 12.7 Å². The molecule has 2 rings (SSSR count). The summed E-state index contributed by atoms with van der Waals surface area (Å²) in [6, 6.07) is 4.91. The van der Waals surface area contributed by atoms with Crippen LogP contribution in [0.15, 0.2) is 18.2 Å². The Balaban J connectivity index is 2.02. The second-order valence-corrected chi connectivity index (χ2v) is 8.02. The monoisotopic (exact) mass is 405 g/mol. The lowest BCUT2D eigenvalue weighted by atomic mass is 9.72. The van der Waals surface area contributed by atoms with Gasteiger partial charge >= 0.3 is 19.1 Å². The third-order valence-electron chi connectivity index (χ3n) is 4.44. The molecular formula is C20H28BNO7. The highest BCUT2D eigenvalue weighted by Gasteiger charge is 2.37. The van der Waals surface area contributed by atoms with Crippen LogP contribution in [0.25, 0.3) is 0 Å². The van der Waals surface area contributed by atoms with Crippen LogP contribution >= 0.6 is 0 Å². The lowest BCUT2D eigenvalue weighted by Gasteiger charge is -2.29. The van der Waals surface area contributed by atoms with Gasteiger partial charge in [0.25, 0.3) is 0 Å². The van der Waals surface area contributed by atoms with E-state index in [-0.39, 0.29) is 17.2 Å². The van der Waals surface area contributed by atoms with Gasteiger partial charge in [-0.3, -0.25) is 9.59 Å². The molecule has 0 aromatic heterocycles. The summed E-state index contributed by atoms with van der Waals surface area (Å²) in [5.74, 6) is -1.79. The fourth-order valence-corrected chi connectivity index (χ4v) is 2.76. The second kappa shape index (κ2) is 9.78. The molecule has 0 fully saturated rings. The van der Waals surface area contributed by atoms with Gasteiger partial charge in [0.1, 0.15) is 11.3 Å². The number of esters is 2. The van der Waals surface area contributed by atoms with Crippen molar-refractivity contribution in [1.29, 1.82) is 0 Å². The molecule has 0 saturated heterocycles. The molecule has 8 nitrogen and oxygen atoms in total. The molecule has 0 radical (unpaired) electrons. The molecular weight excluding hydrogens is 377 g/mol. The Labute approximate surface area is 171 Å². The van der Waals surface area contributed by atoms with Crippen LogP contribution in [-0.4, -0.2) is 42.7 Å². The third kappa shape index (κ3) is 6.22. The van der Waals surface area contributed by atoms with E-state index in [4.69, 9.17) is 14.1 Å². The Morgan fingerprint density at radius 3 is 2.66 bits per heavy atom. The standard InChI is InChI=1S/C20H28BNO7/c1-5-6-10-16(23)22-15-11-13-8-7-9-14(17(13)29-21(15)26)18(24)27-12-28-19(25)20(2,3)4/h7-9,15,26H,5-6,10-12H2,1-4H3,(H,22,23)/t15-/m0/s1. The number of unbranched alkanes of at least 4 members (excludes halogenated alkanes) is 1. The molecule has 1 aliphatic heterocycles. The predicted octanol–water partition coefficient (Wildman–Crippen LogP) is 2.02. The van der Waals surface area contributed by atoms with E-state index in [2.05, 4.69) is 5.32 Å². The fourth-order valence-electron chi connectivity index (χ4n) is 2.76. The van der Waals surface area contributed by atoms with Crippen molar-refractivity contribution < 1.29 is 33.5 Å². The summed E-state index contributed by atoms with van der Waals surface area (Å²) in [5, 5.41) is 13.0. The number of carbonyl (C=O) groups is 3. The highest BCUT2D eigenvalue weighted by Crippen LogP contribution is 2.30. The topological polar surface area (TPSA) is 111 Å². The lowest BCUT2D eigenvalue weighted by molar-refractivity contribution is -0.161. The van der Waals surface area contributed by atoms with Crippen LogP contribution in [0.3, 0.4) is 0 Å². The van der Waals surface area contributed by atoms with E-state index in [1.54, 1.807) is 32.9 Å². The number of para-hydroxylation sites is 1. The van der Waals surface area contributed by atoms with Gasteiger partial charge in [-0.25, -0.2) is 4.79 Å². The predicted molar refractivity (Wildman–Crippen MR) is 106 cm³/mol. The summed E-state index contributed by atoms with van der Waals surface area (Å²) in [4.78, 5) is 36.1. The van der Waals surface area contributed by atoms with Gasteiger partial charge in [0, 0.05) is 6.42 Å². The number of hydrogen-bond donors (Lipinski definition) is 2. The van der Waals surface area contributed by atoms with Crippen molar-refractivity contribution in [3.05, 3.63) is 29.3 Å². The SMILES string of the molecule is CCCCC(=O)N[C@H]1Cc2cccc(C(=O)OCOC(=O)C(C)(C)C)c2OB1O. The summed E-state index contributed by atoms with van der Waals surface area (Å²) in [6.45, 7) is 6.55. The van der Waals surface area contributed by atoms with Crippen LogP contribution in [0, 0.1) is 5.41 Å². The maximum absolute atomic E-state index is 12.4. The summed E-state index contributed by atoms with van der Waals surface area (Å²) >= 11 is 0. The Hall–Kier alpha value is -2.55. The first kappa shape index (κ1) is 22.7. The average molecular weight is 405 g/mol. The summed E-state index contributed by atoms with van der Waals surface area (Å²) in [7, 11) is -1.29. The van der Waals surface area contributed by atoms with Crippen LogP contribution in [-0.2, 0) is 25.5 Å². The molecule has 0 saturated carbocycles. The smallest absolute Gasteiger partial charge is 0.534 e. The van der Waals surface area contributed by atoms with Gasteiger partial charge in [0.15, 0.2) is 0 Å². The van der Waals surface area contributed by atoms with Gasteiger partial charge in [-0.2, -0.15) is 0 Å². The first-order chi connectivity index (χ1) is 13.6. The second-order valence-electron chi connectivity index (χ2n) is 8.02. The molecule has 1 aliphatic rings. The molecule has 0 bridgehead atoms. The van der Waals surface area contributed by atoms with Gasteiger partial charge in [-0.1, -0.05) is 25.5 Å². The Bertz CT molecular complexity index is 760. The largest absolute Gasteiger partial charge is 0.547 e. The van der Waals surface area contributed by atoms with Crippen LogP contribution in [0.5, 0.6) is 5.75 Å². The zero-order valence-electron chi connectivity index (χ0n) is 17.3. The minimum Gasteiger partial charge on any atom is -0.534 e. The molecule has 1 amide bonds. The molecule has 0 aliphatic carbocycles. The van der Waals surface area contributed by atoms with E-state index in [0.717, 1.165) is 12.8 Å². The maximum Gasteiger partial charge on any atom is 0.547 e. The Morgan fingerprint density at radius 2 is 2.00 bits per heavy atom. The van der Waals surface area contributed by atoms with Crippen molar-refractivity contribution in [1.82, 2.24) is 5.32 Å². The number of ether oxygens (including phenoxy) is 2. The highest BCUT2D eigenvalue weighted by molar-refractivity contribution is 6.47. The van der Waals surface area contributed by atoms with E-state index < -0.39 is 37.2 Å². The summed E-state index contributed by atoms with van der Waals surface area (Å²) in [5.41, 5.74) is 0.0728. The number of rotatable bonds is 7. The molecule has 1 aromatic rings. The van der Waals surface area contributed by atoms with Crippen LogP contribution < -0.4 is 9.97 Å². The highest BCUT2D eigenvalue weighted by atomic mass is 16.7. The zero-order chi connectivity index (χ0) is 21.6. The number of fused-ring (bicyclic) bond motifs is 1. The Kier molecular flexibility index (Phi) is 7.67. The summed E-state index contributed by atoms with van der Waals surface area (Å²) in [6.07, 6.45) is 2.36. The van der Waals surface area contributed by atoms with E-state index in [9.17, 15) is 19.4 Å². The number of carbonyl (C=O) groups excluding carboxylic acids is 3.